The molecule has 0 bridgehead atoms. The largest absolute Gasteiger partial charge is 0.379 e. The average Bonchev–Trinajstić information content (AvgIpc) is 2.33. The highest BCUT2D eigenvalue weighted by Crippen LogP contribution is 2.05. The molecule has 0 aliphatic heterocycles. The van der Waals surface area contributed by atoms with Crippen LogP contribution in [0.4, 0.5) is 4.39 Å². The molecule has 0 heterocycles. The molecule has 94 valence electrons. The first-order valence-corrected chi connectivity index (χ1v) is 5.61. The normalized spacial score (nSPS) is 12.4. The zero-order valence-electron chi connectivity index (χ0n) is 10.1. The number of carbonyl (C=O) groups is 1. The van der Waals surface area contributed by atoms with Gasteiger partial charge in [-0.05, 0) is 26.0 Å². The van der Waals surface area contributed by atoms with Crippen LogP contribution < -0.4 is 0 Å². The number of ketones is 1. The first kappa shape index (κ1) is 13.8. The van der Waals surface area contributed by atoms with Gasteiger partial charge in [0.15, 0.2) is 5.78 Å². The number of carbonyl (C=O) groups excluding carboxylic acids is 1. The van der Waals surface area contributed by atoms with E-state index in [2.05, 4.69) is 0 Å². The van der Waals surface area contributed by atoms with Crippen LogP contribution in [0.15, 0.2) is 24.3 Å². The Morgan fingerprint density at radius 1 is 1.47 bits per heavy atom. The van der Waals surface area contributed by atoms with Crippen molar-refractivity contribution < 1.29 is 18.7 Å². The highest BCUT2D eigenvalue weighted by molar-refractivity contribution is 5.97. The molecule has 0 radical (unpaired) electrons. The summed E-state index contributed by atoms with van der Waals surface area (Å²) in [5.41, 5.74) is 0.327. The van der Waals surface area contributed by atoms with E-state index in [1.165, 1.54) is 18.2 Å². The minimum atomic E-state index is -0.418. The van der Waals surface area contributed by atoms with Crippen LogP contribution in [0.1, 0.15) is 24.2 Å². The number of Topliss-reactive ketones (excluding diaryl/α,β-unsaturated/α-hetero) is 1. The Labute approximate surface area is 101 Å². The molecule has 0 aliphatic carbocycles. The molecule has 0 amide bonds. The zero-order valence-corrected chi connectivity index (χ0v) is 10.1. The van der Waals surface area contributed by atoms with Crippen LogP contribution in [0.5, 0.6) is 0 Å². The predicted octanol–water partition coefficient (Wildman–Crippen LogP) is 2.45. The van der Waals surface area contributed by atoms with Crippen LogP contribution in [0.3, 0.4) is 0 Å². The van der Waals surface area contributed by atoms with E-state index in [0.29, 0.717) is 18.8 Å². The first-order valence-electron chi connectivity index (χ1n) is 5.61. The van der Waals surface area contributed by atoms with Gasteiger partial charge in [0.05, 0.1) is 12.7 Å². The lowest BCUT2D eigenvalue weighted by molar-refractivity contribution is 0.00115. The maximum Gasteiger partial charge on any atom is 0.188 e. The minimum Gasteiger partial charge on any atom is -0.379 e. The zero-order chi connectivity index (χ0) is 12.7. The molecule has 0 aromatic heterocycles. The van der Waals surface area contributed by atoms with E-state index in [1.54, 1.807) is 6.07 Å². The predicted molar refractivity (Wildman–Crippen MR) is 62.6 cm³/mol. The Bertz CT molecular complexity index is 365. The van der Waals surface area contributed by atoms with Gasteiger partial charge in [0.25, 0.3) is 0 Å². The smallest absolute Gasteiger partial charge is 0.188 e. The molecule has 1 rings (SSSR count). The highest BCUT2D eigenvalue weighted by Gasteiger charge is 2.09. The number of hydrogen-bond acceptors (Lipinski definition) is 3. The van der Waals surface area contributed by atoms with Crippen molar-refractivity contribution in [2.75, 3.05) is 19.8 Å². The van der Waals surface area contributed by atoms with E-state index >= 15 is 0 Å². The molecule has 1 atom stereocenters. The summed E-state index contributed by atoms with van der Waals surface area (Å²) < 4.78 is 23.3. The maximum atomic E-state index is 12.9. The molecular formula is C13H17FO3. The molecule has 0 fully saturated rings. The lowest BCUT2D eigenvalue weighted by Gasteiger charge is -2.12. The van der Waals surface area contributed by atoms with Gasteiger partial charge in [-0.1, -0.05) is 12.1 Å². The molecular weight excluding hydrogens is 223 g/mol. The van der Waals surface area contributed by atoms with Gasteiger partial charge in [0, 0.05) is 12.2 Å². The van der Waals surface area contributed by atoms with Gasteiger partial charge in [-0.25, -0.2) is 4.39 Å². The van der Waals surface area contributed by atoms with Crippen molar-refractivity contribution >= 4 is 5.78 Å². The molecule has 0 N–H and O–H groups in total. The van der Waals surface area contributed by atoms with E-state index < -0.39 is 5.82 Å². The molecule has 0 aliphatic rings. The fourth-order valence-corrected chi connectivity index (χ4v) is 1.30. The third-order valence-corrected chi connectivity index (χ3v) is 2.20. The third kappa shape index (κ3) is 5.06. The van der Waals surface area contributed by atoms with Crippen LogP contribution >= 0.6 is 0 Å². The van der Waals surface area contributed by atoms with Crippen molar-refractivity contribution in [3.63, 3.8) is 0 Å². The van der Waals surface area contributed by atoms with Crippen LogP contribution in [0.25, 0.3) is 0 Å². The lowest BCUT2D eigenvalue weighted by atomic mass is 10.1. The van der Waals surface area contributed by atoms with Crippen molar-refractivity contribution in [1.82, 2.24) is 0 Å². The standard InChI is InChI=1S/C13H17FO3/c1-3-16-8-10(2)17-9-13(15)11-5-4-6-12(14)7-11/h4-7,10H,3,8-9H2,1-2H3. The second-order valence-corrected chi connectivity index (χ2v) is 3.71. The fourth-order valence-electron chi connectivity index (χ4n) is 1.30. The van der Waals surface area contributed by atoms with Crippen molar-refractivity contribution in [2.24, 2.45) is 0 Å². The van der Waals surface area contributed by atoms with Crippen LogP contribution in [0.2, 0.25) is 0 Å². The van der Waals surface area contributed by atoms with Gasteiger partial charge >= 0.3 is 0 Å². The Hall–Kier alpha value is -1.26. The molecule has 0 spiro atoms. The molecule has 1 unspecified atom stereocenters. The summed E-state index contributed by atoms with van der Waals surface area (Å²) in [6.45, 7) is 4.73. The molecule has 1 aromatic rings. The molecule has 0 saturated carbocycles. The number of ether oxygens (including phenoxy) is 2. The van der Waals surface area contributed by atoms with E-state index in [1.807, 2.05) is 13.8 Å². The Balaban J connectivity index is 2.39. The Morgan fingerprint density at radius 2 is 2.24 bits per heavy atom. The van der Waals surface area contributed by atoms with Gasteiger partial charge in [-0.2, -0.15) is 0 Å². The Morgan fingerprint density at radius 3 is 2.88 bits per heavy atom. The van der Waals surface area contributed by atoms with Crippen molar-refractivity contribution in [2.45, 2.75) is 20.0 Å². The number of rotatable bonds is 7. The van der Waals surface area contributed by atoms with Gasteiger partial charge in [-0.3, -0.25) is 4.79 Å². The molecule has 3 nitrogen and oxygen atoms in total. The molecule has 4 heteroatoms. The highest BCUT2D eigenvalue weighted by atomic mass is 19.1. The second-order valence-electron chi connectivity index (χ2n) is 3.71. The van der Waals surface area contributed by atoms with Gasteiger partial charge in [0.1, 0.15) is 12.4 Å². The monoisotopic (exact) mass is 240 g/mol. The van der Waals surface area contributed by atoms with Crippen molar-refractivity contribution in [3.8, 4) is 0 Å². The summed E-state index contributed by atoms with van der Waals surface area (Å²) >= 11 is 0. The topological polar surface area (TPSA) is 35.5 Å². The third-order valence-electron chi connectivity index (χ3n) is 2.20. The summed E-state index contributed by atoms with van der Waals surface area (Å²) in [6.07, 6.45) is -0.146. The average molecular weight is 240 g/mol. The summed E-state index contributed by atoms with van der Waals surface area (Å²) in [6, 6.07) is 5.59. The van der Waals surface area contributed by atoms with E-state index in [0.717, 1.165) is 0 Å². The quantitative estimate of drug-likeness (QED) is 0.687. The minimum absolute atomic E-state index is 0.0578. The van der Waals surface area contributed by atoms with Crippen LogP contribution in [0, 0.1) is 5.82 Å². The number of hydrogen-bond donors (Lipinski definition) is 0. The molecule has 17 heavy (non-hydrogen) atoms. The molecule has 0 saturated heterocycles. The second kappa shape index (κ2) is 7.14. The van der Waals surface area contributed by atoms with Gasteiger partial charge in [-0.15, -0.1) is 0 Å². The van der Waals surface area contributed by atoms with Crippen LogP contribution in [-0.4, -0.2) is 31.7 Å². The van der Waals surface area contributed by atoms with E-state index in [4.69, 9.17) is 9.47 Å². The summed E-state index contributed by atoms with van der Waals surface area (Å²) in [7, 11) is 0. The fraction of sp³-hybridized carbons (Fsp3) is 0.462. The summed E-state index contributed by atoms with van der Waals surface area (Å²) in [5.74, 6) is -0.647. The van der Waals surface area contributed by atoms with Gasteiger partial charge in [0.2, 0.25) is 0 Å². The van der Waals surface area contributed by atoms with E-state index in [9.17, 15) is 9.18 Å². The Kier molecular flexibility index (Phi) is 5.80. The van der Waals surface area contributed by atoms with Crippen molar-refractivity contribution in [3.05, 3.63) is 35.6 Å². The molecule has 1 aromatic carbocycles. The lowest BCUT2D eigenvalue weighted by Crippen LogP contribution is -2.20. The maximum absolute atomic E-state index is 12.9. The number of benzene rings is 1. The van der Waals surface area contributed by atoms with Crippen molar-refractivity contribution in [1.29, 1.82) is 0 Å². The van der Waals surface area contributed by atoms with Gasteiger partial charge < -0.3 is 9.47 Å². The SMILES string of the molecule is CCOCC(C)OCC(=O)c1cccc(F)c1. The summed E-state index contributed by atoms with van der Waals surface area (Å²) in [5, 5.41) is 0. The first-order chi connectivity index (χ1) is 8.13. The van der Waals surface area contributed by atoms with Crippen LogP contribution in [-0.2, 0) is 9.47 Å². The van der Waals surface area contributed by atoms with E-state index in [-0.39, 0.29) is 18.5 Å². The number of halogens is 1. The summed E-state index contributed by atoms with van der Waals surface area (Å²) in [4.78, 5) is 11.6.